The van der Waals surface area contributed by atoms with Gasteiger partial charge in [0.2, 0.25) is 17.7 Å². The fourth-order valence-corrected chi connectivity index (χ4v) is 3.56. The van der Waals surface area contributed by atoms with Gasteiger partial charge in [0.15, 0.2) is 0 Å². The lowest BCUT2D eigenvalue weighted by Gasteiger charge is -2.31. The van der Waals surface area contributed by atoms with Crippen LogP contribution in [0.4, 0.5) is 0 Å². The van der Waals surface area contributed by atoms with Crippen LogP contribution in [0.25, 0.3) is 0 Å². The minimum Gasteiger partial charge on any atom is -0.481 e. The summed E-state index contributed by atoms with van der Waals surface area (Å²) in [4.78, 5) is 62.0. The maximum Gasteiger partial charge on any atom is 0.326 e. The van der Waals surface area contributed by atoms with Gasteiger partial charge in [0.05, 0.1) is 6.04 Å². The first-order valence-electron chi connectivity index (χ1n) is 11.0. The molecule has 6 N–H and O–H groups in total. The molecule has 32 heavy (non-hydrogen) atoms. The molecule has 11 heteroatoms. The summed E-state index contributed by atoms with van der Waals surface area (Å²) in [6.45, 7) is 7.71. The molecule has 1 saturated heterocycles. The molecule has 1 heterocycles. The van der Waals surface area contributed by atoms with E-state index >= 15 is 0 Å². The van der Waals surface area contributed by atoms with Gasteiger partial charge in [0.25, 0.3) is 0 Å². The monoisotopic (exact) mass is 456 g/mol. The summed E-state index contributed by atoms with van der Waals surface area (Å²) in [5.41, 5.74) is 5.90. The van der Waals surface area contributed by atoms with Crippen molar-refractivity contribution in [3.05, 3.63) is 0 Å². The largest absolute Gasteiger partial charge is 0.481 e. The van der Waals surface area contributed by atoms with Crippen molar-refractivity contribution in [2.24, 2.45) is 17.6 Å². The van der Waals surface area contributed by atoms with Gasteiger partial charge in [-0.1, -0.05) is 27.7 Å². The van der Waals surface area contributed by atoms with Crippen molar-refractivity contribution in [3.63, 3.8) is 0 Å². The van der Waals surface area contributed by atoms with Crippen LogP contribution in [0.3, 0.4) is 0 Å². The topological polar surface area (TPSA) is 179 Å². The van der Waals surface area contributed by atoms with Gasteiger partial charge >= 0.3 is 11.9 Å². The first kappa shape index (κ1) is 27.3. The van der Waals surface area contributed by atoms with Crippen LogP contribution in [0.2, 0.25) is 0 Å². The molecule has 0 saturated carbocycles. The van der Waals surface area contributed by atoms with Crippen molar-refractivity contribution >= 4 is 29.7 Å². The van der Waals surface area contributed by atoms with Gasteiger partial charge in [-0.05, 0) is 37.5 Å². The van der Waals surface area contributed by atoms with Crippen molar-refractivity contribution in [2.45, 2.75) is 84.0 Å². The predicted molar refractivity (Wildman–Crippen MR) is 115 cm³/mol. The van der Waals surface area contributed by atoms with Gasteiger partial charge in [0, 0.05) is 13.0 Å². The van der Waals surface area contributed by atoms with Crippen LogP contribution < -0.4 is 16.4 Å². The molecule has 1 aliphatic heterocycles. The lowest BCUT2D eigenvalue weighted by molar-refractivity contribution is -0.145. The van der Waals surface area contributed by atoms with Crippen LogP contribution in [0.1, 0.15) is 59.8 Å². The zero-order valence-electron chi connectivity index (χ0n) is 19.2. The smallest absolute Gasteiger partial charge is 0.326 e. The number of nitrogens with one attached hydrogen (secondary N) is 2. The lowest BCUT2D eigenvalue weighted by atomic mass is 10.00. The van der Waals surface area contributed by atoms with Crippen molar-refractivity contribution in [1.29, 1.82) is 0 Å². The molecule has 4 atom stereocenters. The Hall–Kier alpha value is -2.69. The van der Waals surface area contributed by atoms with Crippen LogP contribution in [0.15, 0.2) is 0 Å². The molecule has 4 unspecified atom stereocenters. The number of hydrogen-bond acceptors (Lipinski definition) is 6. The molecule has 1 rings (SSSR count). The molecule has 0 radical (unpaired) electrons. The predicted octanol–water partition coefficient (Wildman–Crippen LogP) is -0.0742. The van der Waals surface area contributed by atoms with Crippen molar-refractivity contribution in [3.8, 4) is 0 Å². The van der Waals surface area contributed by atoms with Gasteiger partial charge in [-0.25, -0.2) is 4.79 Å². The first-order chi connectivity index (χ1) is 14.8. The third-order valence-corrected chi connectivity index (χ3v) is 5.44. The molecular weight excluding hydrogens is 420 g/mol. The average Bonchev–Trinajstić information content (AvgIpc) is 3.18. The molecule has 0 aromatic heterocycles. The summed E-state index contributed by atoms with van der Waals surface area (Å²) in [5.74, 6) is -4.06. The highest BCUT2D eigenvalue weighted by atomic mass is 16.4. The van der Waals surface area contributed by atoms with E-state index in [1.54, 1.807) is 13.8 Å². The third kappa shape index (κ3) is 8.10. The molecule has 1 fully saturated rings. The Morgan fingerprint density at radius 1 is 1.03 bits per heavy atom. The van der Waals surface area contributed by atoms with Crippen LogP contribution >= 0.6 is 0 Å². The maximum atomic E-state index is 13.3. The second kappa shape index (κ2) is 12.4. The molecule has 11 nitrogen and oxygen atoms in total. The standard InChI is InChI=1S/C21H36N4O7/c1-11(2)10-14(24-19(29)17(22)12(3)4)20(30)25-9-5-6-15(25)18(28)23-13(21(31)32)7-8-16(26)27/h11-15,17H,5-10,22H2,1-4H3,(H,23,28)(H,24,29)(H,26,27)(H,31,32). The highest BCUT2D eigenvalue weighted by Gasteiger charge is 2.39. The Balaban J connectivity index is 2.95. The second-order valence-corrected chi connectivity index (χ2v) is 8.98. The molecule has 0 spiro atoms. The molecule has 3 amide bonds. The van der Waals surface area contributed by atoms with Gasteiger partial charge in [-0.15, -0.1) is 0 Å². The maximum absolute atomic E-state index is 13.3. The molecule has 0 aromatic rings. The minimum absolute atomic E-state index is 0.0850. The number of nitrogens with two attached hydrogens (primary N) is 1. The van der Waals surface area contributed by atoms with E-state index in [1.165, 1.54) is 4.90 Å². The van der Waals surface area contributed by atoms with Crippen molar-refractivity contribution < 1.29 is 34.2 Å². The normalized spacial score (nSPS) is 18.8. The Bertz CT molecular complexity index is 710. The Morgan fingerprint density at radius 2 is 1.66 bits per heavy atom. The number of rotatable bonds is 12. The number of nitrogens with zero attached hydrogens (tertiary/aromatic N) is 1. The number of carbonyl (C=O) groups is 5. The average molecular weight is 457 g/mol. The summed E-state index contributed by atoms with van der Waals surface area (Å²) < 4.78 is 0. The number of hydrogen-bond donors (Lipinski definition) is 5. The molecule has 0 bridgehead atoms. The number of carbonyl (C=O) groups excluding carboxylic acids is 3. The SMILES string of the molecule is CC(C)CC(NC(=O)C(N)C(C)C)C(=O)N1CCCC1C(=O)NC(CCC(=O)O)C(=O)O. The summed E-state index contributed by atoms with van der Waals surface area (Å²) >= 11 is 0. The van der Waals surface area contributed by atoms with Crippen LogP contribution in [-0.2, 0) is 24.0 Å². The molecule has 1 aliphatic rings. The Morgan fingerprint density at radius 3 is 2.16 bits per heavy atom. The fraction of sp³-hybridized carbons (Fsp3) is 0.762. The number of carboxylic acid groups (broad SMARTS) is 2. The van der Waals surface area contributed by atoms with Crippen LogP contribution in [0, 0.1) is 11.8 Å². The van der Waals surface area contributed by atoms with E-state index in [4.69, 9.17) is 10.8 Å². The number of likely N-dealkylation sites (tertiary alicyclic amines) is 1. The number of aliphatic carboxylic acids is 2. The van der Waals surface area contributed by atoms with Gasteiger partial charge in [-0.3, -0.25) is 19.2 Å². The molecule has 182 valence electrons. The fourth-order valence-electron chi connectivity index (χ4n) is 3.56. The van der Waals surface area contributed by atoms with E-state index in [9.17, 15) is 29.1 Å². The van der Waals surface area contributed by atoms with E-state index in [0.717, 1.165) is 0 Å². The van der Waals surface area contributed by atoms with Crippen LogP contribution in [-0.4, -0.2) is 75.5 Å². The Kier molecular flexibility index (Phi) is 10.6. The van der Waals surface area contributed by atoms with Gasteiger partial charge in [-0.2, -0.15) is 0 Å². The van der Waals surface area contributed by atoms with Crippen LogP contribution in [0.5, 0.6) is 0 Å². The summed E-state index contributed by atoms with van der Waals surface area (Å²) in [5, 5.41) is 23.1. The highest BCUT2D eigenvalue weighted by molar-refractivity contribution is 5.94. The summed E-state index contributed by atoms with van der Waals surface area (Å²) in [6.07, 6.45) is 0.567. The Labute approximate surface area is 188 Å². The zero-order valence-corrected chi connectivity index (χ0v) is 19.2. The van der Waals surface area contributed by atoms with E-state index < -0.39 is 60.2 Å². The number of carboxylic acids is 2. The van der Waals surface area contributed by atoms with Crippen molar-refractivity contribution in [1.82, 2.24) is 15.5 Å². The van der Waals surface area contributed by atoms with E-state index in [1.807, 2.05) is 13.8 Å². The number of amides is 3. The minimum atomic E-state index is -1.37. The van der Waals surface area contributed by atoms with E-state index in [0.29, 0.717) is 25.8 Å². The van der Waals surface area contributed by atoms with E-state index in [2.05, 4.69) is 10.6 Å². The lowest BCUT2D eigenvalue weighted by Crippen LogP contribution is -2.57. The highest BCUT2D eigenvalue weighted by Crippen LogP contribution is 2.21. The molecule has 0 aliphatic carbocycles. The molecular formula is C21H36N4O7. The van der Waals surface area contributed by atoms with E-state index in [-0.39, 0.29) is 18.3 Å². The summed E-state index contributed by atoms with van der Waals surface area (Å²) in [7, 11) is 0. The third-order valence-electron chi connectivity index (χ3n) is 5.44. The summed E-state index contributed by atoms with van der Waals surface area (Å²) in [6, 6.07) is -3.89. The van der Waals surface area contributed by atoms with Crippen molar-refractivity contribution in [2.75, 3.05) is 6.54 Å². The van der Waals surface area contributed by atoms with Gasteiger partial charge < -0.3 is 31.5 Å². The second-order valence-electron chi connectivity index (χ2n) is 8.98. The molecule has 0 aromatic carbocycles. The first-order valence-corrected chi connectivity index (χ1v) is 11.0. The zero-order chi connectivity index (χ0) is 24.6. The quantitative estimate of drug-likeness (QED) is 0.270. The van der Waals surface area contributed by atoms with Gasteiger partial charge in [0.1, 0.15) is 18.1 Å².